The Labute approximate surface area is 255 Å². The van der Waals surface area contributed by atoms with Crippen molar-refractivity contribution < 1.29 is 0 Å². The van der Waals surface area contributed by atoms with Crippen LogP contribution in [0.25, 0.3) is 0 Å². The van der Waals surface area contributed by atoms with Crippen molar-refractivity contribution in [1.82, 2.24) is 0 Å². The monoisotopic (exact) mass is 560 g/mol. The number of nitrogens with two attached hydrogens (primary N) is 2. The summed E-state index contributed by atoms with van der Waals surface area (Å²) in [6.07, 6.45) is 12.1. The predicted octanol–water partition coefficient (Wildman–Crippen LogP) is 10.7. The molecule has 0 saturated carbocycles. The zero-order valence-electron chi connectivity index (χ0n) is 26.2. The molecule has 0 aliphatic heterocycles. The summed E-state index contributed by atoms with van der Waals surface area (Å²) in [5, 5.41) is 0. The van der Waals surface area contributed by atoms with Gasteiger partial charge in [-0.3, -0.25) is 0 Å². The number of hydrogen-bond acceptors (Lipinski definition) is 2. The molecule has 4 rings (SSSR count). The standard InChI is InChI=1S/C40H52N2/c1-4-6-8-10-39(35-20-24-37(41)25-21-35)33-16-12-31(13-17-33)28-30(3)29-32-14-18-34(19-15-32)40(11-9-7-5-2)36-22-26-38(42)27-23-36/h12-27,30,39-40H,4-11,28-29,41-42H2,1-3H3. The molecular formula is C40H52N2. The summed E-state index contributed by atoms with van der Waals surface area (Å²) in [4.78, 5) is 0. The third kappa shape index (κ3) is 9.24. The quantitative estimate of drug-likeness (QED) is 0.106. The van der Waals surface area contributed by atoms with Crippen molar-refractivity contribution in [2.24, 2.45) is 5.92 Å². The van der Waals surface area contributed by atoms with Crippen molar-refractivity contribution in [3.8, 4) is 0 Å². The van der Waals surface area contributed by atoms with E-state index < -0.39 is 0 Å². The van der Waals surface area contributed by atoms with Crippen LogP contribution < -0.4 is 11.5 Å². The second kappa shape index (κ2) is 16.2. The third-order valence-electron chi connectivity index (χ3n) is 8.80. The van der Waals surface area contributed by atoms with Gasteiger partial charge in [0.25, 0.3) is 0 Å². The maximum absolute atomic E-state index is 5.98. The highest BCUT2D eigenvalue weighted by Gasteiger charge is 2.16. The van der Waals surface area contributed by atoms with Crippen LogP contribution >= 0.6 is 0 Å². The highest BCUT2D eigenvalue weighted by Crippen LogP contribution is 2.33. The molecule has 2 atom stereocenters. The lowest BCUT2D eigenvalue weighted by Crippen LogP contribution is -2.06. The van der Waals surface area contributed by atoms with Crippen LogP contribution in [0, 0.1) is 5.92 Å². The molecule has 0 bridgehead atoms. The zero-order chi connectivity index (χ0) is 29.7. The van der Waals surface area contributed by atoms with Crippen molar-refractivity contribution in [2.45, 2.75) is 96.8 Å². The van der Waals surface area contributed by atoms with Crippen LogP contribution in [0.1, 0.15) is 117 Å². The molecule has 0 aromatic heterocycles. The number of nitrogen functional groups attached to an aromatic ring is 2. The minimum atomic E-state index is 0.432. The molecule has 0 aliphatic carbocycles. The van der Waals surface area contributed by atoms with E-state index in [1.807, 2.05) is 24.3 Å². The summed E-state index contributed by atoms with van der Waals surface area (Å²) in [6.45, 7) is 6.93. The maximum atomic E-state index is 5.98. The fourth-order valence-electron chi connectivity index (χ4n) is 6.35. The van der Waals surface area contributed by atoms with Crippen molar-refractivity contribution in [1.29, 1.82) is 0 Å². The smallest absolute Gasteiger partial charge is 0.0314 e. The molecule has 0 amide bonds. The summed E-state index contributed by atoms with van der Waals surface area (Å²) in [5.41, 5.74) is 22.0. The minimum Gasteiger partial charge on any atom is -0.399 e. The maximum Gasteiger partial charge on any atom is 0.0314 e. The molecule has 0 aliphatic rings. The largest absolute Gasteiger partial charge is 0.399 e. The lowest BCUT2D eigenvalue weighted by Gasteiger charge is -2.20. The van der Waals surface area contributed by atoms with Gasteiger partial charge in [-0.1, -0.05) is 132 Å². The van der Waals surface area contributed by atoms with E-state index in [-0.39, 0.29) is 0 Å². The first-order valence-electron chi connectivity index (χ1n) is 16.3. The molecule has 0 fully saturated rings. The molecule has 0 heterocycles. The summed E-state index contributed by atoms with van der Waals surface area (Å²) < 4.78 is 0. The van der Waals surface area contributed by atoms with Crippen LogP contribution in [-0.4, -0.2) is 0 Å². The van der Waals surface area contributed by atoms with Crippen molar-refractivity contribution in [3.63, 3.8) is 0 Å². The van der Waals surface area contributed by atoms with E-state index in [2.05, 4.69) is 93.6 Å². The highest BCUT2D eigenvalue weighted by atomic mass is 14.5. The fourth-order valence-corrected chi connectivity index (χ4v) is 6.35. The second-order valence-corrected chi connectivity index (χ2v) is 12.4. The Balaban J connectivity index is 1.38. The number of hydrogen-bond donors (Lipinski definition) is 2. The number of anilines is 2. The van der Waals surface area contributed by atoms with Crippen LogP contribution in [0.5, 0.6) is 0 Å². The molecule has 4 aromatic rings. The molecule has 42 heavy (non-hydrogen) atoms. The highest BCUT2D eigenvalue weighted by molar-refractivity contribution is 5.44. The van der Waals surface area contributed by atoms with Crippen LogP contribution in [0.3, 0.4) is 0 Å². The van der Waals surface area contributed by atoms with Gasteiger partial charge in [0.05, 0.1) is 0 Å². The van der Waals surface area contributed by atoms with E-state index in [1.165, 1.54) is 84.7 Å². The molecule has 0 radical (unpaired) electrons. The third-order valence-corrected chi connectivity index (χ3v) is 8.80. The van der Waals surface area contributed by atoms with Crippen LogP contribution in [0.2, 0.25) is 0 Å². The minimum absolute atomic E-state index is 0.432. The lowest BCUT2D eigenvalue weighted by molar-refractivity contribution is 0.576. The van der Waals surface area contributed by atoms with Crippen molar-refractivity contribution in [2.75, 3.05) is 11.5 Å². The molecular weight excluding hydrogens is 508 g/mol. The van der Waals surface area contributed by atoms with Crippen molar-refractivity contribution >= 4 is 11.4 Å². The van der Waals surface area contributed by atoms with Gasteiger partial charge in [-0.05, 0) is 89.2 Å². The van der Waals surface area contributed by atoms with Crippen LogP contribution in [0.4, 0.5) is 11.4 Å². The molecule has 4 aromatic carbocycles. The second-order valence-electron chi connectivity index (χ2n) is 12.4. The van der Waals surface area contributed by atoms with E-state index in [9.17, 15) is 0 Å². The van der Waals surface area contributed by atoms with E-state index in [0.29, 0.717) is 17.8 Å². The molecule has 2 nitrogen and oxygen atoms in total. The Bertz CT molecular complexity index is 1200. The van der Waals surface area contributed by atoms with Gasteiger partial charge in [0.2, 0.25) is 0 Å². The Morgan fingerprint density at radius 2 is 0.762 bits per heavy atom. The topological polar surface area (TPSA) is 52.0 Å². The SMILES string of the molecule is CCCCCC(c1ccc(N)cc1)c1ccc(CC(C)Cc2ccc(C(CCCCC)c3ccc(N)cc3)cc2)cc1. The molecule has 2 heteroatoms. The summed E-state index contributed by atoms with van der Waals surface area (Å²) >= 11 is 0. The summed E-state index contributed by atoms with van der Waals surface area (Å²) in [5.74, 6) is 1.44. The Hall–Kier alpha value is -3.52. The molecule has 222 valence electrons. The summed E-state index contributed by atoms with van der Waals surface area (Å²) in [6, 6.07) is 35.8. The lowest BCUT2D eigenvalue weighted by atomic mass is 9.85. The molecule has 0 spiro atoms. The van der Waals surface area contributed by atoms with Gasteiger partial charge >= 0.3 is 0 Å². The zero-order valence-corrected chi connectivity index (χ0v) is 26.2. The summed E-state index contributed by atoms with van der Waals surface area (Å²) in [7, 11) is 0. The van der Waals surface area contributed by atoms with Gasteiger partial charge in [-0.25, -0.2) is 0 Å². The van der Waals surface area contributed by atoms with Gasteiger partial charge in [-0.15, -0.1) is 0 Å². The van der Waals surface area contributed by atoms with E-state index in [0.717, 1.165) is 24.2 Å². The average molecular weight is 561 g/mol. The van der Waals surface area contributed by atoms with E-state index in [4.69, 9.17) is 11.5 Å². The van der Waals surface area contributed by atoms with Crippen LogP contribution in [-0.2, 0) is 12.8 Å². The first kappa shape index (κ1) is 31.4. The first-order valence-corrected chi connectivity index (χ1v) is 16.3. The fraction of sp³-hybridized carbons (Fsp3) is 0.400. The van der Waals surface area contributed by atoms with E-state index >= 15 is 0 Å². The van der Waals surface area contributed by atoms with Gasteiger partial charge < -0.3 is 11.5 Å². The van der Waals surface area contributed by atoms with Crippen molar-refractivity contribution in [3.05, 3.63) is 130 Å². The molecule has 2 unspecified atom stereocenters. The van der Waals surface area contributed by atoms with Crippen LogP contribution in [0.15, 0.2) is 97.1 Å². The average Bonchev–Trinajstić information content (AvgIpc) is 3.00. The number of unbranched alkanes of at least 4 members (excludes halogenated alkanes) is 4. The van der Waals surface area contributed by atoms with E-state index in [1.54, 1.807) is 0 Å². The molecule has 0 saturated heterocycles. The van der Waals surface area contributed by atoms with Gasteiger partial charge in [0.15, 0.2) is 0 Å². The Morgan fingerprint density at radius 1 is 0.452 bits per heavy atom. The van der Waals surface area contributed by atoms with Gasteiger partial charge in [-0.2, -0.15) is 0 Å². The van der Waals surface area contributed by atoms with Gasteiger partial charge in [0.1, 0.15) is 0 Å². The van der Waals surface area contributed by atoms with Gasteiger partial charge in [0, 0.05) is 23.2 Å². The predicted molar refractivity (Wildman–Crippen MR) is 183 cm³/mol. The Kier molecular flexibility index (Phi) is 12.1. The number of rotatable bonds is 16. The normalized spacial score (nSPS) is 13.5. The molecule has 4 N–H and O–H groups in total. The first-order chi connectivity index (χ1) is 20.5. The Morgan fingerprint density at radius 3 is 1.07 bits per heavy atom. The number of benzene rings is 4.